The van der Waals surface area contributed by atoms with E-state index in [4.69, 9.17) is 4.98 Å². The van der Waals surface area contributed by atoms with Crippen molar-refractivity contribution in [1.29, 1.82) is 0 Å². The average Bonchev–Trinajstić information content (AvgIpc) is 3.38. The summed E-state index contributed by atoms with van der Waals surface area (Å²) in [7, 11) is 0. The summed E-state index contributed by atoms with van der Waals surface area (Å²) in [6, 6.07) is 36.2. The van der Waals surface area contributed by atoms with Gasteiger partial charge in [-0.3, -0.25) is 4.98 Å². The molecule has 4 aromatic carbocycles. The Morgan fingerprint density at radius 1 is 0.744 bits per heavy atom. The molecular formula is C34H27N2OPtS-. The summed E-state index contributed by atoms with van der Waals surface area (Å²) < 4.78 is 1.07. The number of rotatable bonds is 4. The molecule has 0 amide bonds. The van der Waals surface area contributed by atoms with Crippen LogP contribution >= 0.6 is 11.3 Å². The van der Waals surface area contributed by atoms with Gasteiger partial charge in [0, 0.05) is 37.7 Å². The van der Waals surface area contributed by atoms with Crippen molar-refractivity contribution >= 4 is 21.6 Å². The summed E-state index contributed by atoms with van der Waals surface area (Å²) in [5.41, 5.74) is 8.84. The first kappa shape index (κ1) is 27.0. The topological polar surface area (TPSA) is 46.0 Å². The largest absolute Gasteiger partial charge is 0.507 e. The molecule has 1 N–H and O–H groups in total. The van der Waals surface area contributed by atoms with E-state index in [9.17, 15) is 5.11 Å². The van der Waals surface area contributed by atoms with Gasteiger partial charge in [-0.05, 0) is 40.8 Å². The fourth-order valence-electron chi connectivity index (χ4n) is 4.61. The van der Waals surface area contributed by atoms with E-state index >= 15 is 0 Å². The Hall–Kier alpha value is -3.59. The Morgan fingerprint density at radius 3 is 2.26 bits per heavy atom. The maximum absolute atomic E-state index is 10.8. The number of thiazole rings is 1. The van der Waals surface area contributed by atoms with Crippen molar-refractivity contribution < 1.29 is 26.2 Å². The van der Waals surface area contributed by atoms with E-state index in [1.807, 2.05) is 54.7 Å². The summed E-state index contributed by atoms with van der Waals surface area (Å²) >= 11 is 1.59. The molecule has 2 heterocycles. The number of hydrogen-bond donors (Lipinski definition) is 1. The van der Waals surface area contributed by atoms with Crippen LogP contribution in [-0.2, 0) is 26.5 Å². The molecule has 0 radical (unpaired) electrons. The maximum Gasteiger partial charge on any atom is 0.127 e. The summed E-state index contributed by atoms with van der Waals surface area (Å²) in [4.78, 5) is 9.66. The minimum absolute atomic E-state index is 0. The third-order valence-electron chi connectivity index (χ3n) is 6.72. The van der Waals surface area contributed by atoms with Crippen molar-refractivity contribution in [3.8, 4) is 49.8 Å². The molecule has 0 saturated heterocycles. The van der Waals surface area contributed by atoms with Crippen molar-refractivity contribution in [3.63, 3.8) is 0 Å². The first-order chi connectivity index (χ1) is 18.4. The van der Waals surface area contributed by atoms with Crippen molar-refractivity contribution in [2.24, 2.45) is 0 Å². The molecule has 0 spiro atoms. The molecule has 6 aromatic rings. The first-order valence-electron chi connectivity index (χ1n) is 12.6. The number of nitrogens with zero attached hydrogens (tertiary/aromatic N) is 2. The molecule has 0 aliphatic rings. The summed E-state index contributed by atoms with van der Waals surface area (Å²) in [6.07, 6.45) is 1.82. The second-order valence-corrected chi connectivity index (χ2v) is 11.5. The Kier molecular flexibility index (Phi) is 7.53. The summed E-state index contributed by atoms with van der Waals surface area (Å²) in [5, 5.41) is 11.6. The zero-order chi connectivity index (χ0) is 26.3. The molecule has 0 aliphatic carbocycles. The Bertz CT molecular complexity index is 1760. The van der Waals surface area contributed by atoms with E-state index in [0.29, 0.717) is 0 Å². The molecule has 5 heteroatoms. The van der Waals surface area contributed by atoms with Crippen LogP contribution in [-0.4, -0.2) is 15.1 Å². The third-order valence-corrected chi connectivity index (χ3v) is 7.77. The van der Waals surface area contributed by atoms with Gasteiger partial charge in [0.15, 0.2) is 0 Å². The zero-order valence-electron chi connectivity index (χ0n) is 21.9. The molecule has 196 valence electrons. The number of pyridine rings is 1. The molecule has 3 nitrogen and oxygen atoms in total. The molecule has 0 bridgehead atoms. The summed E-state index contributed by atoms with van der Waals surface area (Å²) in [5.74, 6) is 0.226. The molecule has 0 unspecified atom stereocenters. The van der Waals surface area contributed by atoms with Crippen molar-refractivity contribution in [3.05, 3.63) is 115 Å². The number of hydrogen-bond acceptors (Lipinski definition) is 4. The molecule has 39 heavy (non-hydrogen) atoms. The zero-order valence-corrected chi connectivity index (χ0v) is 25.0. The van der Waals surface area contributed by atoms with Crippen LogP contribution in [0.4, 0.5) is 0 Å². The minimum Gasteiger partial charge on any atom is -0.507 e. The van der Waals surface area contributed by atoms with Gasteiger partial charge < -0.3 is 5.11 Å². The molecular weight excluding hydrogens is 680 g/mol. The van der Waals surface area contributed by atoms with Gasteiger partial charge in [0.25, 0.3) is 0 Å². The van der Waals surface area contributed by atoms with E-state index in [-0.39, 0.29) is 32.2 Å². The molecule has 6 rings (SSSR count). The van der Waals surface area contributed by atoms with Gasteiger partial charge in [-0.15, -0.1) is 40.7 Å². The quantitative estimate of drug-likeness (QED) is 0.186. The Morgan fingerprint density at radius 2 is 1.51 bits per heavy atom. The van der Waals surface area contributed by atoms with Crippen LogP contribution in [0.1, 0.15) is 26.3 Å². The third kappa shape index (κ3) is 5.45. The van der Waals surface area contributed by atoms with Crippen LogP contribution in [0, 0.1) is 6.07 Å². The molecule has 0 atom stereocenters. The number of phenolic OH excluding ortho intramolecular Hbond substituents is 1. The first-order valence-corrected chi connectivity index (χ1v) is 13.5. The van der Waals surface area contributed by atoms with E-state index in [1.165, 1.54) is 5.56 Å². The van der Waals surface area contributed by atoms with E-state index in [1.54, 1.807) is 17.4 Å². The minimum atomic E-state index is -0.0435. The van der Waals surface area contributed by atoms with Crippen molar-refractivity contribution in [2.45, 2.75) is 26.2 Å². The fourth-order valence-corrected chi connectivity index (χ4v) is 5.62. The molecule has 0 fully saturated rings. The van der Waals surface area contributed by atoms with Gasteiger partial charge in [0.2, 0.25) is 0 Å². The predicted molar refractivity (Wildman–Crippen MR) is 158 cm³/mol. The second kappa shape index (κ2) is 10.9. The van der Waals surface area contributed by atoms with Crippen LogP contribution in [0.3, 0.4) is 0 Å². The van der Waals surface area contributed by atoms with Gasteiger partial charge >= 0.3 is 0 Å². The van der Waals surface area contributed by atoms with Crippen LogP contribution in [0.2, 0.25) is 0 Å². The molecule has 2 aromatic heterocycles. The predicted octanol–water partition coefficient (Wildman–Crippen LogP) is 9.16. The number of benzene rings is 4. The monoisotopic (exact) mass is 706 g/mol. The Balaban J connectivity index is 0.00000308. The van der Waals surface area contributed by atoms with Crippen molar-refractivity contribution in [2.75, 3.05) is 0 Å². The van der Waals surface area contributed by atoms with Crippen molar-refractivity contribution in [1.82, 2.24) is 9.97 Å². The molecule has 0 aliphatic heterocycles. The number of para-hydroxylation sites is 1. The van der Waals surface area contributed by atoms with Crippen LogP contribution in [0.25, 0.3) is 54.3 Å². The van der Waals surface area contributed by atoms with E-state index in [2.05, 4.69) is 74.3 Å². The van der Waals surface area contributed by atoms with Crippen LogP contribution in [0.15, 0.2) is 103 Å². The maximum atomic E-state index is 10.8. The van der Waals surface area contributed by atoms with Gasteiger partial charge in [0.05, 0.1) is 11.1 Å². The van der Waals surface area contributed by atoms with E-state index in [0.717, 1.165) is 54.3 Å². The number of aromatic nitrogens is 2. The smallest absolute Gasteiger partial charge is 0.127 e. The van der Waals surface area contributed by atoms with Crippen LogP contribution < -0.4 is 0 Å². The van der Waals surface area contributed by atoms with Gasteiger partial charge in [-0.2, -0.15) is 0 Å². The number of fused-ring (bicyclic) bond motifs is 1. The normalized spacial score (nSPS) is 11.4. The van der Waals surface area contributed by atoms with Gasteiger partial charge in [0.1, 0.15) is 10.8 Å². The van der Waals surface area contributed by atoms with Crippen LogP contribution in [0.5, 0.6) is 5.75 Å². The Labute approximate surface area is 247 Å². The summed E-state index contributed by atoms with van der Waals surface area (Å²) in [6.45, 7) is 6.66. The average molecular weight is 707 g/mol. The second-order valence-electron chi connectivity index (χ2n) is 10.4. The SMILES string of the molecule is CC(C)(C)c1cc(-c2ccccn2)[c-]c(-c2cccc3sc(-c4cc(-c5ccccc5)ccc4O)nc23)c1.[Pt]. The standard InChI is InChI=1S/C34H27N2OS.Pt/c1-34(2,3)26-19-24(18-25(20-26)29-13-7-8-17-35-29)27-12-9-14-31-32(27)36-33(38-31)28-21-23(15-16-30(28)37)22-10-5-4-6-11-22;/h4-17,19-21,37H,1-3H3;/q-1;. The van der Waals surface area contributed by atoms with Gasteiger partial charge in [-0.1, -0.05) is 92.6 Å². The van der Waals surface area contributed by atoms with E-state index < -0.39 is 0 Å². The number of aromatic hydroxyl groups is 1. The number of phenols is 1. The fraction of sp³-hybridized carbons (Fsp3) is 0.118. The molecule has 0 saturated carbocycles. The van der Waals surface area contributed by atoms with Gasteiger partial charge in [-0.25, -0.2) is 4.98 Å².